The largest absolute Gasteiger partial charge is 0.508 e. The zero-order valence-corrected chi connectivity index (χ0v) is 11.6. The van der Waals surface area contributed by atoms with E-state index in [0.29, 0.717) is 23.1 Å². The third-order valence-electron chi connectivity index (χ3n) is 4.14. The van der Waals surface area contributed by atoms with Gasteiger partial charge in [-0.25, -0.2) is 0 Å². The Hall–Kier alpha value is -2.60. The number of benzene rings is 2. The molecule has 0 spiro atoms. The lowest BCUT2D eigenvalue weighted by atomic mass is 9.77. The van der Waals surface area contributed by atoms with Gasteiger partial charge in [0.2, 0.25) is 0 Å². The van der Waals surface area contributed by atoms with Gasteiger partial charge in [0.15, 0.2) is 17.2 Å². The van der Waals surface area contributed by atoms with E-state index >= 15 is 0 Å². The van der Waals surface area contributed by atoms with E-state index in [2.05, 4.69) is 0 Å². The highest BCUT2D eigenvalue weighted by atomic mass is 16.3. The van der Waals surface area contributed by atoms with Gasteiger partial charge in [0.05, 0.1) is 6.10 Å². The third-order valence-corrected chi connectivity index (χ3v) is 4.14. The van der Waals surface area contributed by atoms with Crippen LogP contribution in [0, 0.1) is 0 Å². The van der Waals surface area contributed by atoms with Crippen LogP contribution in [-0.4, -0.2) is 36.7 Å². The number of rotatable bonds is 1. The molecule has 2 atom stereocenters. The van der Waals surface area contributed by atoms with Gasteiger partial charge in [-0.15, -0.1) is 0 Å². The van der Waals surface area contributed by atoms with Gasteiger partial charge in [-0.3, -0.25) is 0 Å². The zero-order valence-electron chi connectivity index (χ0n) is 11.6. The Labute approximate surface area is 126 Å². The number of aliphatic hydroxyl groups is 1. The van der Waals surface area contributed by atoms with E-state index in [1.807, 2.05) is 0 Å². The van der Waals surface area contributed by atoms with Crippen molar-refractivity contribution in [2.45, 2.75) is 24.9 Å². The number of phenolic OH excluding ortho intramolecular Hbond substituents is 5. The summed E-state index contributed by atoms with van der Waals surface area (Å²) < 4.78 is 0. The second-order valence-electron chi connectivity index (χ2n) is 5.59. The number of fused-ring (bicyclic) bond motifs is 1. The molecule has 0 fully saturated rings. The molecule has 22 heavy (non-hydrogen) atoms. The van der Waals surface area contributed by atoms with Gasteiger partial charge >= 0.3 is 0 Å². The summed E-state index contributed by atoms with van der Waals surface area (Å²) in [6.07, 6.45) is -0.317. The normalized spacial score (nSPS) is 20.6. The van der Waals surface area contributed by atoms with Gasteiger partial charge in [0.25, 0.3) is 0 Å². The maximum atomic E-state index is 10.3. The van der Waals surface area contributed by atoms with Crippen LogP contribution >= 0.6 is 0 Å². The van der Waals surface area contributed by atoms with E-state index in [4.69, 9.17) is 0 Å². The maximum Gasteiger partial charge on any atom is 0.200 e. The Morgan fingerprint density at radius 1 is 0.773 bits per heavy atom. The molecule has 6 N–H and O–H groups in total. The van der Waals surface area contributed by atoms with Crippen LogP contribution in [0.1, 0.15) is 22.6 Å². The molecule has 6 nitrogen and oxygen atoms in total. The molecule has 0 saturated heterocycles. The van der Waals surface area contributed by atoms with E-state index in [1.165, 1.54) is 24.3 Å². The van der Waals surface area contributed by atoms with Crippen molar-refractivity contribution in [3.8, 4) is 28.7 Å². The molecule has 2 aromatic carbocycles. The molecule has 116 valence electrons. The Morgan fingerprint density at radius 3 is 2.05 bits per heavy atom. The minimum Gasteiger partial charge on any atom is -0.508 e. The first-order valence-corrected chi connectivity index (χ1v) is 6.83. The van der Waals surface area contributed by atoms with Gasteiger partial charge in [-0.2, -0.15) is 0 Å². The van der Waals surface area contributed by atoms with Crippen molar-refractivity contribution >= 4 is 0 Å². The number of hydrogen-bond donors (Lipinski definition) is 6. The van der Waals surface area contributed by atoms with Crippen LogP contribution in [0.2, 0.25) is 0 Å². The Morgan fingerprint density at radius 2 is 1.41 bits per heavy atom. The highest BCUT2D eigenvalue weighted by Gasteiger charge is 2.31. The van der Waals surface area contributed by atoms with Crippen LogP contribution < -0.4 is 0 Å². The highest BCUT2D eigenvalue weighted by molar-refractivity contribution is 5.54. The molecule has 1 aliphatic rings. The number of aromatic hydroxyl groups is 5. The third kappa shape index (κ3) is 2.27. The lowest BCUT2D eigenvalue weighted by molar-refractivity contribution is 0.133. The fraction of sp³-hybridized carbons (Fsp3) is 0.250. The van der Waals surface area contributed by atoms with Gasteiger partial charge < -0.3 is 30.6 Å². The molecular weight excluding hydrogens is 288 g/mol. The van der Waals surface area contributed by atoms with Gasteiger partial charge in [0.1, 0.15) is 11.5 Å². The van der Waals surface area contributed by atoms with Crippen molar-refractivity contribution in [3.63, 3.8) is 0 Å². The van der Waals surface area contributed by atoms with E-state index in [1.54, 1.807) is 0 Å². The van der Waals surface area contributed by atoms with Crippen LogP contribution in [0.15, 0.2) is 24.3 Å². The average Bonchev–Trinajstić information content (AvgIpc) is 2.44. The van der Waals surface area contributed by atoms with E-state index in [0.717, 1.165) is 0 Å². The second kappa shape index (κ2) is 4.99. The molecule has 0 radical (unpaired) electrons. The van der Waals surface area contributed by atoms with Gasteiger partial charge in [-0.05, 0) is 41.3 Å². The SMILES string of the molecule is Oc1cc(O)c2c(c1)C[C@H](c1cc(O)c(O)c(O)c1)[C@H](O)C2. The zero-order chi connectivity index (χ0) is 16.0. The van der Waals surface area contributed by atoms with E-state index < -0.39 is 29.3 Å². The Kier molecular flexibility index (Phi) is 3.26. The Bertz CT molecular complexity index is 717. The summed E-state index contributed by atoms with van der Waals surface area (Å²) in [5.41, 5.74) is 1.74. The minimum atomic E-state index is -0.828. The molecule has 3 rings (SSSR count). The first kappa shape index (κ1) is 14.3. The van der Waals surface area contributed by atoms with Gasteiger partial charge in [0, 0.05) is 18.4 Å². The summed E-state index contributed by atoms with van der Waals surface area (Å²) in [6, 6.07) is 5.32. The van der Waals surface area contributed by atoms with E-state index in [-0.39, 0.29) is 17.9 Å². The summed E-state index contributed by atoms with van der Waals surface area (Å²) >= 11 is 0. The number of hydrogen-bond acceptors (Lipinski definition) is 6. The predicted octanol–water partition coefficient (Wildman–Crippen LogP) is 1.46. The molecule has 2 aromatic rings. The molecule has 0 unspecified atom stereocenters. The van der Waals surface area contributed by atoms with Crippen molar-refractivity contribution in [1.29, 1.82) is 0 Å². The fourth-order valence-corrected chi connectivity index (χ4v) is 3.02. The maximum absolute atomic E-state index is 10.3. The summed E-state index contributed by atoms with van der Waals surface area (Å²) in [5.74, 6) is -2.11. The van der Waals surface area contributed by atoms with Crippen molar-refractivity contribution in [1.82, 2.24) is 0 Å². The Balaban J connectivity index is 2.03. The van der Waals surface area contributed by atoms with Crippen molar-refractivity contribution in [2.75, 3.05) is 0 Å². The van der Waals surface area contributed by atoms with E-state index in [9.17, 15) is 30.6 Å². The highest BCUT2D eigenvalue weighted by Crippen LogP contribution is 2.43. The van der Waals surface area contributed by atoms with Crippen LogP contribution in [0.4, 0.5) is 0 Å². The average molecular weight is 304 g/mol. The number of phenols is 5. The number of aliphatic hydroxyl groups excluding tert-OH is 1. The molecule has 0 saturated carbocycles. The second-order valence-corrected chi connectivity index (χ2v) is 5.59. The van der Waals surface area contributed by atoms with Crippen LogP contribution in [0.3, 0.4) is 0 Å². The summed E-state index contributed by atoms with van der Waals surface area (Å²) in [6.45, 7) is 0. The van der Waals surface area contributed by atoms with Crippen molar-refractivity contribution < 1.29 is 30.6 Å². The fourth-order valence-electron chi connectivity index (χ4n) is 3.02. The topological polar surface area (TPSA) is 121 Å². The first-order valence-electron chi connectivity index (χ1n) is 6.83. The predicted molar refractivity (Wildman–Crippen MR) is 77.4 cm³/mol. The van der Waals surface area contributed by atoms with Crippen LogP contribution in [0.25, 0.3) is 0 Å². The molecule has 0 amide bonds. The van der Waals surface area contributed by atoms with Gasteiger partial charge in [-0.1, -0.05) is 0 Å². The molecule has 0 heterocycles. The van der Waals surface area contributed by atoms with Crippen LogP contribution in [-0.2, 0) is 12.8 Å². The first-order chi connectivity index (χ1) is 10.4. The monoisotopic (exact) mass is 304 g/mol. The lowest BCUT2D eigenvalue weighted by Gasteiger charge is -2.30. The standard InChI is InChI=1S/C16H16O6/c17-9-1-7-2-10(13(19)6-11(7)12(18)5-9)8-3-14(20)16(22)15(21)4-8/h1,3-5,10,13,17-22H,2,6H2/t10-,13-/m1/s1. The molecule has 6 heteroatoms. The quantitative estimate of drug-likeness (QED) is 0.444. The molecule has 1 aliphatic carbocycles. The summed E-state index contributed by atoms with van der Waals surface area (Å²) in [7, 11) is 0. The molecular formula is C16H16O6. The van der Waals surface area contributed by atoms with Crippen LogP contribution in [0.5, 0.6) is 28.7 Å². The van der Waals surface area contributed by atoms with Crippen molar-refractivity contribution in [3.05, 3.63) is 41.0 Å². The van der Waals surface area contributed by atoms with Crippen molar-refractivity contribution in [2.24, 2.45) is 0 Å². The summed E-state index contributed by atoms with van der Waals surface area (Å²) in [4.78, 5) is 0. The lowest BCUT2D eigenvalue weighted by Crippen LogP contribution is -2.28. The summed E-state index contributed by atoms with van der Waals surface area (Å²) in [5, 5.41) is 58.4. The molecule has 0 aromatic heterocycles. The minimum absolute atomic E-state index is 0.0658. The molecule has 0 bridgehead atoms. The molecule has 0 aliphatic heterocycles. The smallest absolute Gasteiger partial charge is 0.200 e.